The van der Waals surface area contributed by atoms with Crippen LogP contribution in [0.3, 0.4) is 0 Å². The molecule has 2 heteroatoms. The first kappa shape index (κ1) is 16.0. The molecule has 0 heterocycles. The van der Waals surface area contributed by atoms with Crippen LogP contribution in [0.15, 0.2) is 0 Å². The molecule has 1 fully saturated rings. The lowest BCUT2D eigenvalue weighted by atomic mass is 9.87. The second kappa shape index (κ2) is 8.16. The van der Waals surface area contributed by atoms with E-state index in [1.807, 2.05) is 0 Å². The number of hydrogen-bond donors (Lipinski definition) is 1. The van der Waals surface area contributed by atoms with Gasteiger partial charge >= 0.3 is 0 Å². The first-order chi connectivity index (χ1) is 8.64. The van der Waals surface area contributed by atoms with Crippen LogP contribution in [0.5, 0.6) is 0 Å². The highest BCUT2D eigenvalue weighted by atomic mass is 15.2. The zero-order valence-electron chi connectivity index (χ0n) is 12.9. The van der Waals surface area contributed by atoms with Crippen molar-refractivity contribution in [2.24, 2.45) is 5.73 Å². The predicted molar refractivity (Wildman–Crippen MR) is 80.9 cm³/mol. The molecule has 1 rings (SSSR count). The molecule has 0 aromatic rings. The normalized spacial score (nSPS) is 21.2. The molecule has 0 aromatic heterocycles. The number of nitrogens with zero attached hydrogens (tertiary/aromatic N) is 1. The second-order valence-corrected chi connectivity index (χ2v) is 6.41. The van der Waals surface area contributed by atoms with Crippen LogP contribution in [-0.2, 0) is 0 Å². The first-order valence-corrected chi connectivity index (χ1v) is 8.07. The topological polar surface area (TPSA) is 29.3 Å². The van der Waals surface area contributed by atoms with Crippen LogP contribution in [0.25, 0.3) is 0 Å². The van der Waals surface area contributed by atoms with Crippen LogP contribution in [-0.4, -0.2) is 30.1 Å². The molecule has 0 aliphatic heterocycles. The Morgan fingerprint density at radius 1 is 1.11 bits per heavy atom. The summed E-state index contributed by atoms with van der Waals surface area (Å²) in [7, 11) is 2.31. The van der Waals surface area contributed by atoms with Gasteiger partial charge in [0.15, 0.2) is 0 Å². The molecular weight excluding hydrogens is 220 g/mol. The summed E-state index contributed by atoms with van der Waals surface area (Å²) >= 11 is 0. The largest absolute Gasteiger partial charge is 0.329 e. The molecule has 1 aliphatic rings. The van der Waals surface area contributed by atoms with Crippen LogP contribution in [0.4, 0.5) is 0 Å². The quantitative estimate of drug-likeness (QED) is 0.665. The summed E-state index contributed by atoms with van der Waals surface area (Å²) in [5.41, 5.74) is 6.31. The molecular formula is C16H34N2. The number of rotatable bonds is 8. The Balaban J connectivity index is 2.44. The van der Waals surface area contributed by atoms with Crippen LogP contribution in [0.1, 0.15) is 78.1 Å². The van der Waals surface area contributed by atoms with Crippen molar-refractivity contribution in [1.82, 2.24) is 4.90 Å². The lowest BCUT2D eigenvalue weighted by molar-refractivity contribution is 0.0618. The number of likely N-dealkylation sites (N-methyl/N-ethyl adjacent to an activating group) is 1. The van der Waals surface area contributed by atoms with E-state index in [4.69, 9.17) is 5.73 Å². The highest BCUT2D eigenvalue weighted by Gasteiger charge is 2.32. The third kappa shape index (κ3) is 4.55. The van der Waals surface area contributed by atoms with E-state index >= 15 is 0 Å². The van der Waals surface area contributed by atoms with Crippen molar-refractivity contribution in [1.29, 1.82) is 0 Å². The van der Waals surface area contributed by atoms with Gasteiger partial charge in [-0.2, -0.15) is 0 Å². The fourth-order valence-electron chi connectivity index (χ4n) is 3.26. The summed E-state index contributed by atoms with van der Waals surface area (Å²) in [5, 5.41) is 0. The molecule has 1 aliphatic carbocycles. The van der Waals surface area contributed by atoms with E-state index in [1.165, 1.54) is 64.2 Å². The molecule has 108 valence electrons. The maximum atomic E-state index is 6.09. The Morgan fingerprint density at radius 2 is 1.78 bits per heavy atom. The Kier molecular flexibility index (Phi) is 7.25. The molecule has 2 N–H and O–H groups in total. The van der Waals surface area contributed by atoms with Crippen molar-refractivity contribution in [3.8, 4) is 0 Å². The van der Waals surface area contributed by atoms with Crippen molar-refractivity contribution in [3.63, 3.8) is 0 Å². The van der Waals surface area contributed by atoms with E-state index in [0.717, 1.165) is 12.6 Å². The van der Waals surface area contributed by atoms with Crippen LogP contribution >= 0.6 is 0 Å². The van der Waals surface area contributed by atoms with Gasteiger partial charge in [-0.1, -0.05) is 51.9 Å². The van der Waals surface area contributed by atoms with Crippen molar-refractivity contribution in [2.45, 2.75) is 89.6 Å². The molecule has 0 aromatic carbocycles. The third-order valence-electron chi connectivity index (χ3n) is 4.98. The predicted octanol–water partition coefficient (Wildman–Crippen LogP) is 3.94. The molecule has 0 radical (unpaired) electrons. The lowest BCUT2D eigenvalue weighted by Crippen LogP contribution is -2.54. The number of unbranched alkanes of at least 4 members (excludes halogenated alkanes) is 3. The Bertz CT molecular complexity index is 211. The van der Waals surface area contributed by atoms with Gasteiger partial charge in [0.1, 0.15) is 0 Å². The minimum absolute atomic E-state index is 0.218. The highest BCUT2D eigenvalue weighted by molar-refractivity contribution is 4.90. The van der Waals surface area contributed by atoms with E-state index in [9.17, 15) is 0 Å². The van der Waals surface area contributed by atoms with E-state index in [2.05, 4.69) is 25.8 Å². The van der Waals surface area contributed by atoms with E-state index in [0.29, 0.717) is 0 Å². The average Bonchev–Trinajstić information content (AvgIpc) is 2.43. The summed E-state index contributed by atoms with van der Waals surface area (Å²) in [5.74, 6) is 0. The van der Waals surface area contributed by atoms with Crippen molar-refractivity contribution >= 4 is 0 Å². The smallest absolute Gasteiger partial charge is 0.0303 e. The summed E-state index contributed by atoms with van der Waals surface area (Å²) in [6, 6.07) is 0.776. The average molecular weight is 254 g/mol. The SMILES string of the molecule is CCCCCCC(C)(CN)N(C)C1CCCCC1. The van der Waals surface area contributed by atoms with E-state index in [-0.39, 0.29) is 5.54 Å². The Morgan fingerprint density at radius 3 is 2.33 bits per heavy atom. The van der Waals surface area contributed by atoms with Gasteiger partial charge in [-0.05, 0) is 33.2 Å². The monoisotopic (exact) mass is 254 g/mol. The van der Waals surface area contributed by atoms with Gasteiger partial charge in [0.2, 0.25) is 0 Å². The molecule has 0 saturated heterocycles. The summed E-state index contributed by atoms with van der Waals surface area (Å²) in [6.07, 6.45) is 13.6. The Labute approximate surface area is 114 Å². The molecule has 1 saturated carbocycles. The van der Waals surface area contributed by atoms with Crippen molar-refractivity contribution < 1.29 is 0 Å². The standard InChI is InChI=1S/C16H34N2/c1-4-5-6-10-13-16(2,14-17)18(3)15-11-8-7-9-12-15/h15H,4-14,17H2,1-3H3. The fourth-order valence-corrected chi connectivity index (χ4v) is 3.26. The maximum absolute atomic E-state index is 6.09. The Hall–Kier alpha value is -0.0800. The van der Waals surface area contributed by atoms with Gasteiger partial charge in [-0.3, -0.25) is 4.90 Å². The zero-order chi connectivity index (χ0) is 13.4. The van der Waals surface area contributed by atoms with Gasteiger partial charge in [-0.15, -0.1) is 0 Å². The molecule has 2 nitrogen and oxygen atoms in total. The summed E-state index contributed by atoms with van der Waals surface area (Å²) < 4.78 is 0. The zero-order valence-corrected chi connectivity index (χ0v) is 12.9. The van der Waals surface area contributed by atoms with E-state index < -0.39 is 0 Å². The second-order valence-electron chi connectivity index (χ2n) is 6.41. The van der Waals surface area contributed by atoms with Gasteiger partial charge in [0.05, 0.1) is 0 Å². The summed E-state index contributed by atoms with van der Waals surface area (Å²) in [6.45, 7) is 5.44. The maximum Gasteiger partial charge on any atom is 0.0303 e. The minimum Gasteiger partial charge on any atom is -0.329 e. The fraction of sp³-hybridized carbons (Fsp3) is 1.00. The molecule has 0 bridgehead atoms. The lowest BCUT2D eigenvalue weighted by Gasteiger charge is -2.44. The van der Waals surface area contributed by atoms with Crippen molar-refractivity contribution in [2.75, 3.05) is 13.6 Å². The third-order valence-corrected chi connectivity index (χ3v) is 4.98. The summed E-state index contributed by atoms with van der Waals surface area (Å²) in [4.78, 5) is 2.61. The van der Waals surface area contributed by atoms with Crippen LogP contribution in [0, 0.1) is 0 Å². The first-order valence-electron chi connectivity index (χ1n) is 8.07. The highest BCUT2D eigenvalue weighted by Crippen LogP contribution is 2.29. The minimum atomic E-state index is 0.218. The molecule has 1 unspecified atom stereocenters. The van der Waals surface area contributed by atoms with Crippen LogP contribution < -0.4 is 5.73 Å². The van der Waals surface area contributed by atoms with Crippen LogP contribution in [0.2, 0.25) is 0 Å². The molecule has 1 atom stereocenters. The molecule has 0 spiro atoms. The molecule has 0 amide bonds. The van der Waals surface area contributed by atoms with Gasteiger partial charge in [-0.25, -0.2) is 0 Å². The van der Waals surface area contributed by atoms with Gasteiger partial charge < -0.3 is 5.73 Å². The molecule has 18 heavy (non-hydrogen) atoms. The van der Waals surface area contributed by atoms with E-state index in [1.54, 1.807) is 0 Å². The number of nitrogens with two attached hydrogens (primary N) is 1. The number of hydrogen-bond acceptors (Lipinski definition) is 2. The van der Waals surface area contributed by atoms with Gasteiger partial charge in [0, 0.05) is 18.1 Å². The van der Waals surface area contributed by atoms with Crippen molar-refractivity contribution in [3.05, 3.63) is 0 Å². The van der Waals surface area contributed by atoms with Gasteiger partial charge in [0.25, 0.3) is 0 Å².